The minimum Gasteiger partial charge on any atom is -0.497 e. The van der Waals surface area contributed by atoms with Crippen LogP contribution in [0.5, 0.6) is 5.75 Å². The van der Waals surface area contributed by atoms with Crippen LogP contribution in [0.25, 0.3) is 34.0 Å². The number of carboxylic acid groups (broad SMARTS) is 1. The largest absolute Gasteiger partial charge is 0.497 e. The van der Waals surface area contributed by atoms with E-state index in [-0.39, 0.29) is 16.8 Å². The summed E-state index contributed by atoms with van der Waals surface area (Å²) in [7, 11) is 1.64. The molecule has 0 bridgehead atoms. The summed E-state index contributed by atoms with van der Waals surface area (Å²) in [5.41, 5.74) is 2.20. The van der Waals surface area contributed by atoms with Crippen molar-refractivity contribution in [2.45, 2.75) is 13.5 Å². The lowest BCUT2D eigenvalue weighted by Crippen LogP contribution is -2.23. The summed E-state index contributed by atoms with van der Waals surface area (Å²) in [5, 5.41) is 11.4. The fourth-order valence-electron chi connectivity index (χ4n) is 3.47. The van der Waals surface area contributed by atoms with Crippen LogP contribution in [0.2, 0.25) is 0 Å². The average molecular weight is 400 g/mol. The Morgan fingerprint density at radius 2 is 1.83 bits per heavy atom. The molecule has 1 heterocycles. The predicted octanol–water partition coefficient (Wildman–Crippen LogP) is 4.45. The van der Waals surface area contributed by atoms with Gasteiger partial charge < -0.3 is 14.4 Å². The number of aromatic carboxylic acids is 1. The van der Waals surface area contributed by atoms with Crippen molar-refractivity contribution in [3.05, 3.63) is 81.8 Å². The number of fused-ring (bicyclic) bond motifs is 2. The van der Waals surface area contributed by atoms with E-state index in [4.69, 9.17) is 4.74 Å². The lowest BCUT2D eigenvalue weighted by Gasteiger charge is -2.09. The van der Waals surface area contributed by atoms with E-state index >= 15 is 0 Å². The Bertz CT molecular complexity index is 1370. The SMILES string of the molecule is CCn1c(=O)c(/C=C/c2ccc3cc(OC)ccc3c2)nc2cc(C(=O)O)ccc21. The van der Waals surface area contributed by atoms with Gasteiger partial charge in [-0.05, 0) is 65.7 Å². The van der Waals surface area contributed by atoms with E-state index in [1.54, 1.807) is 23.8 Å². The summed E-state index contributed by atoms with van der Waals surface area (Å²) < 4.78 is 6.85. The predicted molar refractivity (Wildman–Crippen MR) is 118 cm³/mol. The van der Waals surface area contributed by atoms with Crippen LogP contribution in [0, 0.1) is 0 Å². The number of hydrogen-bond acceptors (Lipinski definition) is 4. The van der Waals surface area contributed by atoms with Gasteiger partial charge in [0.15, 0.2) is 0 Å². The lowest BCUT2D eigenvalue weighted by molar-refractivity contribution is 0.0697. The maximum absolute atomic E-state index is 12.9. The Morgan fingerprint density at radius 3 is 2.57 bits per heavy atom. The van der Waals surface area contributed by atoms with Gasteiger partial charge in [-0.3, -0.25) is 4.79 Å². The number of hydrogen-bond donors (Lipinski definition) is 1. The van der Waals surface area contributed by atoms with Crippen LogP contribution >= 0.6 is 0 Å². The molecule has 0 aliphatic carbocycles. The minimum atomic E-state index is -1.03. The third kappa shape index (κ3) is 3.55. The zero-order valence-corrected chi connectivity index (χ0v) is 16.6. The normalized spacial score (nSPS) is 11.4. The van der Waals surface area contributed by atoms with Crippen molar-refractivity contribution >= 4 is 39.9 Å². The summed E-state index contributed by atoms with van der Waals surface area (Å²) in [4.78, 5) is 28.6. The summed E-state index contributed by atoms with van der Waals surface area (Å²) in [6.45, 7) is 2.33. The van der Waals surface area contributed by atoms with Crippen LogP contribution in [0.1, 0.15) is 28.5 Å². The van der Waals surface area contributed by atoms with Gasteiger partial charge in [0, 0.05) is 6.54 Å². The van der Waals surface area contributed by atoms with Gasteiger partial charge in [-0.15, -0.1) is 0 Å². The van der Waals surface area contributed by atoms with Gasteiger partial charge >= 0.3 is 5.97 Å². The molecule has 0 spiro atoms. The maximum Gasteiger partial charge on any atom is 0.335 e. The molecule has 3 aromatic carbocycles. The first-order chi connectivity index (χ1) is 14.5. The molecule has 0 aliphatic rings. The van der Waals surface area contributed by atoms with Gasteiger partial charge in [-0.2, -0.15) is 0 Å². The molecule has 0 amide bonds. The van der Waals surface area contributed by atoms with E-state index in [1.165, 1.54) is 12.1 Å². The van der Waals surface area contributed by atoms with Crippen molar-refractivity contribution in [3.8, 4) is 5.75 Å². The molecule has 0 fully saturated rings. The summed E-state index contributed by atoms with van der Waals surface area (Å²) >= 11 is 0. The van der Waals surface area contributed by atoms with Crippen molar-refractivity contribution < 1.29 is 14.6 Å². The van der Waals surface area contributed by atoms with Gasteiger partial charge in [0.25, 0.3) is 5.56 Å². The number of carboxylic acids is 1. The number of carbonyl (C=O) groups is 1. The third-order valence-corrected chi connectivity index (χ3v) is 5.04. The molecule has 0 radical (unpaired) electrons. The van der Waals surface area contributed by atoms with Crippen molar-refractivity contribution in [3.63, 3.8) is 0 Å². The van der Waals surface area contributed by atoms with Crippen LogP contribution in [0.3, 0.4) is 0 Å². The molecule has 30 heavy (non-hydrogen) atoms. The quantitative estimate of drug-likeness (QED) is 0.535. The van der Waals surface area contributed by atoms with Crippen LogP contribution < -0.4 is 10.3 Å². The fraction of sp³-hybridized carbons (Fsp3) is 0.125. The minimum absolute atomic E-state index is 0.135. The number of ether oxygens (including phenoxy) is 1. The van der Waals surface area contributed by atoms with Crippen LogP contribution in [0.15, 0.2) is 59.4 Å². The molecule has 4 rings (SSSR count). The van der Waals surface area contributed by atoms with Gasteiger partial charge in [-0.25, -0.2) is 9.78 Å². The van der Waals surface area contributed by atoms with Crippen LogP contribution in [-0.4, -0.2) is 27.7 Å². The van der Waals surface area contributed by atoms with Crippen LogP contribution in [-0.2, 0) is 6.54 Å². The molecule has 150 valence electrons. The number of benzene rings is 3. The van der Waals surface area contributed by atoms with E-state index in [1.807, 2.05) is 49.4 Å². The monoisotopic (exact) mass is 400 g/mol. The molecule has 1 aromatic heterocycles. The Labute approximate surface area is 172 Å². The molecular formula is C24H20N2O4. The zero-order valence-electron chi connectivity index (χ0n) is 16.6. The Hall–Kier alpha value is -3.93. The Kier molecular flexibility index (Phi) is 5.06. The average Bonchev–Trinajstić information content (AvgIpc) is 2.76. The van der Waals surface area contributed by atoms with Crippen molar-refractivity contribution in [1.82, 2.24) is 9.55 Å². The van der Waals surface area contributed by atoms with Gasteiger partial charge in [0.2, 0.25) is 0 Å². The zero-order chi connectivity index (χ0) is 21.3. The van der Waals surface area contributed by atoms with E-state index in [2.05, 4.69) is 4.98 Å². The van der Waals surface area contributed by atoms with Gasteiger partial charge in [0.1, 0.15) is 11.4 Å². The first-order valence-electron chi connectivity index (χ1n) is 9.54. The first-order valence-corrected chi connectivity index (χ1v) is 9.54. The molecular weight excluding hydrogens is 380 g/mol. The molecule has 0 aliphatic heterocycles. The second kappa shape index (κ2) is 7.83. The number of methoxy groups -OCH3 is 1. The molecule has 4 aromatic rings. The number of aromatic nitrogens is 2. The molecule has 0 unspecified atom stereocenters. The molecule has 0 saturated carbocycles. The highest BCUT2D eigenvalue weighted by Gasteiger charge is 2.11. The number of rotatable bonds is 5. The standard InChI is InChI=1S/C24H20N2O4/c1-3-26-22-11-8-18(24(28)29)14-21(22)25-20(23(26)27)10-5-15-4-6-17-13-19(30-2)9-7-16(17)12-15/h4-14H,3H2,1-2H3,(H,28,29)/b10-5+. The lowest BCUT2D eigenvalue weighted by atomic mass is 10.1. The molecule has 1 N–H and O–H groups in total. The number of aryl methyl sites for hydroxylation is 1. The van der Waals surface area contributed by atoms with Crippen molar-refractivity contribution in [1.29, 1.82) is 0 Å². The third-order valence-electron chi connectivity index (χ3n) is 5.04. The highest BCUT2D eigenvalue weighted by Crippen LogP contribution is 2.22. The smallest absolute Gasteiger partial charge is 0.335 e. The molecule has 6 heteroatoms. The maximum atomic E-state index is 12.9. The van der Waals surface area contributed by atoms with E-state index in [9.17, 15) is 14.7 Å². The van der Waals surface area contributed by atoms with Gasteiger partial charge in [-0.1, -0.05) is 24.3 Å². The second-order valence-corrected chi connectivity index (χ2v) is 6.86. The number of nitrogens with zero attached hydrogens (tertiary/aromatic N) is 2. The topological polar surface area (TPSA) is 81.4 Å². The second-order valence-electron chi connectivity index (χ2n) is 6.86. The van der Waals surface area contributed by atoms with Crippen molar-refractivity contribution in [2.75, 3.05) is 7.11 Å². The molecule has 6 nitrogen and oxygen atoms in total. The fourth-order valence-corrected chi connectivity index (χ4v) is 3.47. The van der Waals surface area contributed by atoms with Gasteiger partial charge in [0.05, 0.1) is 23.7 Å². The summed E-state index contributed by atoms with van der Waals surface area (Å²) in [6.07, 6.45) is 3.51. The first kappa shape index (κ1) is 19.4. The van der Waals surface area contributed by atoms with E-state index in [0.29, 0.717) is 17.6 Å². The van der Waals surface area contributed by atoms with Crippen molar-refractivity contribution in [2.24, 2.45) is 0 Å². The van der Waals surface area contributed by atoms with E-state index in [0.717, 1.165) is 22.1 Å². The highest BCUT2D eigenvalue weighted by atomic mass is 16.5. The Balaban J connectivity index is 1.78. The summed E-state index contributed by atoms with van der Waals surface area (Å²) in [5.74, 6) is -0.232. The van der Waals surface area contributed by atoms with Crippen LogP contribution in [0.4, 0.5) is 0 Å². The van der Waals surface area contributed by atoms with E-state index < -0.39 is 5.97 Å². The molecule has 0 atom stereocenters. The molecule has 0 saturated heterocycles. The summed E-state index contributed by atoms with van der Waals surface area (Å²) in [6, 6.07) is 16.4. The highest BCUT2D eigenvalue weighted by molar-refractivity contribution is 5.92. The Morgan fingerprint density at radius 1 is 1.07 bits per heavy atom.